The quantitative estimate of drug-likeness (QED) is 0.829. The highest BCUT2D eigenvalue weighted by Gasteiger charge is 2.28. The van der Waals surface area contributed by atoms with Crippen molar-refractivity contribution in [2.75, 3.05) is 5.32 Å². The molecule has 1 aliphatic carbocycles. The smallest absolute Gasteiger partial charge is 0.237 e. The summed E-state index contributed by atoms with van der Waals surface area (Å²) in [5, 5.41) is 9.34. The number of halogens is 2. The first-order valence-electron chi connectivity index (χ1n) is 6.88. The van der Waals surface area contributed by atoms with Crippen LogP contribution in [0.2, 0.25) is 0 Å². The number of aromatic amines is 1. The second-order valence-corrected chi connectivity index (χ2v) is 6.46. The van der Waals surface area contributed by atoms with E-state index in [-0.39, 0.29) is 5.69 Å². The molecule has 1 amide bonds. The second-order valence-electron chi connectivity index (χ2n) is 5.15. The molecule has 5 nitrogen and oxygen atoms in total. The molecule has 2 aromatic rings. The van der Waals surface area contributed by atoms with Crippen molar-refractivity contribution in [1.29, 1.82) is 0 Å². The van der Waals surface area contributed by atoms with E-state index in [1.165, 1.54) is 17.8 Å². The third kappa shape index (κ3) is 3.44. The minimum atomic E-state index is -0.806. The van der Waals surface area contributed by atoms with Gasteiger partial charge in [0.1, 0.15) is 17.5 Å². The highest BCUT2D eigenvalue weighted by molar-refractivity contribution is 8.00. The van der Waals surface area contributed by atoms with Crippen LogP contribution < -0.4 is 5.32 Å². The monoisotopic (exact) mass is 324 g/mol. The van der Waals surface area contributed by atoms with E-state index in [4.69, 9.17) is 0 Å². The fourth-order valence-corrected chi connectivity index (χ4v) is 2.62. The Hall–Kier alpha value is -1.96. The van der Waals surface area contributed by atoms with Crippen LogP contribution >= 0.6 is 11.8 Å². The van der Waals surface area contributed by atoms with Crippen molar-refractivity contribution in [3.63, 3.8) is 0 Å². The third-order valence-electron chi connectivity index (χ3n) is 3.29. The van der Waals surface area contributed by atoms with Crippen LogP contribution in [0.4, 0.5) is 14.5 Å². The lowest BCUT2D eigenvalue weighted by atomic mass is 10.3. The number of nitrogens with one attached hydrogen (secondary N) is 2. The fourth-order valence-electron chi connectivity index (χ4n) is 1.89. The number of hydrogen-bond donors (Lipinski definition) is 2. The van der Waals surface area contributed by atoms with Crippen molar-refractivity contribution in [3.8, 4) is 0 Å². The van der Waals surface area contributed by atoms with Gasteiger partial charge in [0, 0.05) is 12.0 Å². The minimum Gasteiger partial charge on any atom is -0.323 e. The average Bonchev–Trinajstić information content (AvgIpc) is 3.22. The van der Waals surface area contributed by atoms with Crippen LogP contribution in [0.5, 0.6) is 0 Å². The van der Waals surface area contributed by atoms with Gasteiger partial charge in [-0.05, 0) is 31.9 Å². The summed E-state index contributed by atoms with van der Waals surface area (Å²) < 4.78 is 26.3. The van der Waals surface area contributed by atoms with Gasteiger partial charge < -0.3 is 5.32 Å². The number of carbonyl (C=O) groups is 1. The Balaban J connectivity index is 1.60. The molecule has 8 heteroatoms. The van der Waals surface area contributed by atoms with Crippen LogP contribution in [0.3, 0.4) is 0 Å². The normalized spacial score (nSPS) is 15.6. The van der Waals surface area contributed by atoms with Gasteiger partial charge in [-0.15, -0.1) is 5.10 Å². The molecule has 1 atom stereocenters. The molecule has 116 valence electrons. The van der Waals surface area contributed by atoms with E-state index in [1.54, 1.807) is 6.92 Å². The van der Waals surface area contributed by atoms with Gasteiger partial charge in [-0.1, -0.05) is 11.8 Å². The lowest BCUT2D eigenvalue weighted by Gasteiger charge is -2.10. The van der Waals surface area contributed by atoms with Gasteiger partial charge in [0.05, 0.1) is 10.9 Å². The lowest BCUT2D eigenvalue weighted by molar-refractivity contribution is -0.115. The van der Waals surface area contributed by atoms with Gasteiger partial charge in [0.15, 0.2) is 0 Å². The van der Waals surface area contributed by atoms with Crippen molar-refractivity contribution in [2.45, 2.75) is 36.1 Å². The fraction of sp³-hybridized carbons (Fsp3) is 0.357. The zero-order valence-electron chi connectivity index (χ0n) is 11.8. The molecule has 0 spiro atoms. The predicted molar refractivity (Wildman–Crippen MR) is 78.7 cm³/mol. The van der Waals surface area contributed by atoms with E-state index < -0.39 is 22.8 Å². The van der Waals surface area contributed by atoms with E-state index in [2.05, 4.69) is 20.5 Å². The summed E-state index contributed by atoms with van der Waals surface area (Å²) in [7, 11) is 0. The third-order valence-corrected chi connectivity index (χ3v) is 4.25. The number of nitrogens with zero attached hydrogens (tertiary/aromatic N) is 2. The highest BCUT2D eigenvalue weighted by Crippen LogP contribution is 2.38. The molecule has 1 heterocycles. The standard InChI is InChI=1S/C14H14F2N4OS/c1-7(22-14-18-12(19-20-14)8-2-3-8)13(21)17-11-5-4-9(15)6-10(11)16/h4-8H,2-3H2,1H3,(H,17,21)(H,18,19,20). The van der Waals surface area contributed by atoms with Gasteiger partial charge in [-0.25, -0.2) is 13.8 Å². The summed E-state index contributed by atoms with van der Waals surface area (Å²) in [5.74, 6) is -0.585. The maximum atomic E-state index is 13.5. The molecule has 22 heavy (non-hydrogen) atoms. The molecular weight excluding hydrogens is 310 g/mol. The number of anilines is 1. The molecule has 0 bridgehead atoms. The van der Waals surface area contributed by atoms with Crippen molar-refractivity contribution in [2.24, 2.45) is 0 Å². The number of thioether (sulfide) groups is 1. The molecule has 1 unspecified atom stereocenters. The Labute approximate surface area is 129 Å². The SMILES string of the molecule is CC(Sc1n[nH]c(C2CC2)n1)C(=O)Nc1ccc(F)cc1F. The van der Waals surface area contributed by atoms with Crippen LogP contribution in [0.25, 0.3) is 0 Å². The number of hydrogen-bond acceptors (Lipinski definition) is 4. The number of benzene rings is 1. The number of aromatic nitrogens is 3. The summed E-state index contributed by atoms with van der Waals surface area (Å²) in [6.07, 6.45) is 2.22. The van der Waals surface area contributed by atoms with Crippen LogP contribution in [-0.2, 0) is 4.79 Å². The number of H-pyrrole nitrogens is 1. The van der Waals surface area contributed by atoms with Crippen molar-refractivity contribution in [3.05, 3.63) is 35.7 Å². The van der Waals surface area contributed by atoms with E-state index >= 15 is 0 Å². The Kier molecular flexibility index (Phi) is 4.10. The van der Waals surface area contributed by atoms with Crippen LogP contribution in [0.15, 0.2) is 23.4 Å². The van der Waals surface area contributed by atoms with E-state index in [0.29, 0.717) is 11.1 Å². The maximum absolute atomic E-state index is 13.5. The van der Waals surface area contributed by atoms with Gasteiger partial charge in [0.2, 0.25) is 11.1 Å². The number of amides is 1. The van der Waals surface area contributed by atoms with Crippen molar-refractivity contribution >= 4 is 23.4 Å². The average molecular weight is 324 g/mol. The van der Waals surface area contributed by atoms with Crippen molar-refractivity contribution < 1.29 is 13.6 Å². The summed E-state index contributed by atoms with van der Waals surface area (Å²) in [6, 6.07) is 3.01. The Morgan fingerprint density at radius 1 is 1.45 bits per heavy atom. The molecule has 1 saturated carbocycles. The van der Waals surface area contributed by atoms with Gasteiger partial charge in [-0.3, -0.25) is 9.89 Å². The molecule has 0 radical (unpaired) electrons. The lowest BCUT2D eigenvalue weighted by Crippen LogP contribution is -2.23. The molecule has 0 saturated heterocycles. The Morgan fingerprint density at radius 2 is 2.23 bits per heavy atom. The van der Waals surface area contributed by atoms with E-state index in [0.717, 1.165) is 30.8 Å². The Bertz CT molecular complexity index is 702. The predicted octanol–water partition coefficient (Wildman–Crippen LogP) is 3.08. The summed E-state index contributed by atoms with van der Waals surface area (Å²) in [4.78, 5) is 16.4. The summed E-state index contributed by atoms with van der Waals surface area (Å²) >= 11 is 1.18. The number of rotatable bonds is 5. The molecule has 1 aliphatic rings. The molecule has 1 fully saturated rings. The number of carbonyl (C=O) groups excluding carboxylic acids is 1. The Morgan fingerprint density at radius 3 is 2.91 bits per heavy atom. The molecule has 0 aliphatic heterocycles. The molecular formula is C14H14F2N4OS. The first-order chi connectivity index (χ1) is 10.5. The van der Waals surface area contributed by atoms with Gasteiger partial charge >= 0.3 is 0 Å². The van der Waals surface area contributed by atoms with Gasteiger partial charge in [0.25, 0.3) is 0 Å². The molecule has 1 aromatic carbocycles. The van der Waals surface area contributed by atoms with E-state index in [1.807, 2.05) is 0 Å². The molecule has 2 N–H and O–H groups in total. The topological polar surface area (TPSA) is 70.7 Å². The first kappa shape index (κ1) is 15.0. The van der Waals surface area contributed by atoms with Crippen LogP contribution in [-0.4, -0.2) is 26.3 Å². The van der Waals surface area contributed by atoms with Crippen molar-refractivity contribution in [1.82, 2.24) is 15.2 Å². The summed E-state index contributed by atoms with van der Waals surface area (Å²) in [5.41, 5.74) is -0.0486. The van der Waals surface area contributed by atoms with Gasteiger partial charge in [-0.2, -0.15) is 0 Å². The van der Waals surface area contributed by atoms with E-state index in [9.17, 15) is 13.6 Å². The minimum absolute atomic E-state index is 0.0486. The second kappa shape index (κ2) is 6.04. The zero-order valence-corrected chi connectivity index (χ0v) is 12.6. The maximum Gasteiger partial charge on any atom is 0.237 e. The first-order valence-corrected chi connectivity index (χ1v) is 7.76. The summed E-state index contributed by atoms with van der Waals surface area (Å²) in [6.45, 7) is 1.68. The largest absolute Gasteiger partial charge is 0.323 e. The molecule has 1 aromatic heterocycles. The highest BCUT2D eigenvalue weighted by atomic mass is 32.2. The molecule has 3 rings (SSSR count). The van der Waals surface area contributed by atoms with Crippen LogP contribution in [0, 0.1) is 11.6 Å². The zero-order chi connectivity index (χ0) is 15.7. The van der Waals surface area contributed by atoms with Crippen LogP contribution in [0.1, 0.15) is 31.5 Å².